The number of carboxylic acid groups (broad SMARTS) is 1. The van der Waals surface area contributed by atoms with Crippen molar-refractivity contribution >= 4 is 29.2 Å². The highest BCUT2D eigenvalue weighted by Gasteiger charge is 2.26. The number of aliphatic hydroxyl groups excluding tert-OH is 1. The Morgan fingerprint density at radius 1 is 1.15 bits per heavy atom. The number of Topliss-reactive ketones (excluding diaryl/α,β-unsaturated/α-hetero) is 1. The van der Waals surface area contributed by atoms with E-state index >= 15 is 0 Å². The van der Waals surface area contributed by atoms with Gasteiger partial charge in [-0.05, 0) is 48.3 Å². The normalized spacial score (nSPS) is 14.7. The lowest BCUT2D eigenvalue weighted by Gasteiger charge is -2.21. The summed E-state index contributed by atoms with van der Waals surface area (Å²) in [5, 5.41) is 21.4. The van der Waals surface area contributed by atoms with Crippen molar-refractivity contribution in [2.75, 3.05) is 0 Å². The summed E-state index contributed by atoms with van der Waals surface area (Å²) in [4.78, 5) is 21.5. The Hall–Kier alpha value is -2.66. The van der Waals surface area contributed by atoms with Gasteiger partial charge in [0, 0.05) is 17.4 Å². The zero-order chi connectivity index (χ0) is 19.6. The highest BCUT2D eigenvalue weighted by molar-refractivity contribution is 7.08. The third-order valence-corrected chi connectivity index (χ3v) is 5.22. The average Bonchev–Trinajstić information content (AvgIpc) is 3.21. The van der Waals surface area contributed by atoms with Crippen LogP contribution in [0, 0.1) is 0 Å². The van der Waals surface area contributed by atoms with Crippen LogP contribution in [0.2, 0.25) is 0 Å². The van der Waals surface area contributed by atoms with Gasteiger partial charge in [0.2, 0.25) is 0 Å². The number of carbonyl (C=O) groups excluding carboxylic acids is 1. The number of rotatable bonds is 4. The minimum absolute atomic E-state index is 0.0690. The molecule has 1 aliphatic carbocycles. The smallest absolute Gasteiger partial charge is 0.290 e. The number of benzene rings is 1. The molecule has 1 aliphatic rings. The van der Waals surface area contributed by atoms with E-state index in [2.05, 4.69) is 6.92 Å². The zero-order valence-corrected chi connectivity index (χ0v) is 16.2. The maximum atomic E-state index is 13.1. The van der Waals surface area contributed by atoms with Gasteiger partial charge < -0.3 is 10.2 Å². The van der Waals surface area contributed by atoms with Crippen molar-refractivity contribution in [3.63, 3.8) is 0 Å². The van der Waals surface area contributed by atoms with E-state index in [9.17, 15) is 9.90 Å². The van der Waals surface area contributed by atoms with Gasteiger partial charge in [0.05, 0.1) is 5.57 Å². The first-order valence-electron chi connectivity index (χ1n) is 8.98. The highest BCUT2D eigenvalue weighted by atomic mass is 32.1. The monoisotopic (exact) mass is 384 g/mol. The molecule has 2 N–H and O–H groups in total. The summed E-state index contributed by atoms with van der Waals surface area (Å²) in [5.41, 5.74) is 4.36. The molecule has 0 unspecified atom stereocenters. The lowest BCUT2D eigenvalue weighted by molar-refractivity contribution is -0.122. The van der Waals surface area contributed by atoms with Crippen LogP contribution in [-0.4, -0.2) is 22.5 Å². The number of aliphatic hydroxyl groups is 1. The van der Waals surface area contributed by atoms with Crippen LogP contribution in [0.15, 0.2) is 64.1 Å². The van der Waals surface area contributed by atoms with Gasteiger partial charge in [-0.3, -0.25) is 9.59 Å². The van der Waals surface area contributed by atoms with E-state index in [1.165, 1.54) is 16.9 Å². The number of carbonyl (C=O) groups is 2. The summed E-state index contributed by atoms with van der Waals surface area (Å²) in [5.74, 6) is 0.163. The van der Waals surface area contributed by atoms with Crippen molar-refractivity contribution in [3.05, 3.63) is 75.2 Å². The lowest BCUT2D eigenvalue weighted by atomic mass is 9.83. The molecule has 2 aromatic rings. The number of allylic oxidation sites excluding steroid dienone is 4. The van der Waals surface area contributed by atoms with E-state index in [0.717, 1.165) is 36.8 Å². The second-order valence-corrected chi connectivity index (χ2v) is 6.95. The fourth-order valence-corrected chi connectivity index (χ4v) is 3.93. The Morgan fingerprint density at radius 2 is 1.81 bits per heavy atom. The molecule has 0 atom stereocenters. The summed E-state index contributed by atoms with van der Waals surface area (Å²) in [6.07, 6.45) is 4.40. The Labute approximate surface area is 163 Å². The maximum absolute atomic E-state index is 13.1. The summed E-state index contributed by atoms with van der Waals surface area (Å²) in [7, 11) is 0. The van der Waals surface area contributed by atoms with Crippen molar-refractivity contribution < 1.29 is 19.8 Å². The molecule has 0 fully saturated rings. The van der Waals surface area contributed by atoms with E-state index in [1.807, 2.05) is 47.2 Å². The van der Waals surface area contributed by atoms with E-state index in [1.54, 1.807) is 0 Å². The largest absolute Gasteiger partial charge is 0.512 e. The summed E-state index contributed by atoms with van der Waals surface area (Å²) in [6, 6.07) is 11.8. The van der Waals surface area contributed by atoms with Crippen molar-refractivity contribution in [1.82, 2.24) is 0 Å². The first-order valence-corrected chi connectivity index (χ1v) is 9.92. The fraction of sp³-hybridized carbons (Fsp3) is 0.273. The fourth-order valence-electron chi connectivity index (χ4n) is 3.29. The molecular weight excluding hydrogens is 360 g/mol. The summed E-state index contributed by atoms with van der Waals surface area (Å²) < 4.78 is 0. The van der Waals surface area contributed by atoms with Crippen LogP contribution in [0.25, 0.3) is 5.57 Å². The molecule has 0 amide bonds. The molecule has 27 heavy (non-hydrogen) atoms. The van der Waals surface area contributed by atoms with Crippen LogP contribution >= 0.6 is 11.3 Å². The number of hydrogen-bond acceptors (Lipinski definition) is 4. The molecule has 0 radical (unpaired) electrons. The molecule has 1 heterocycles. The molecule has 142 valence electrons. The van der Waals surface area contributed by atoms with Crippen molar-refractivity contribution in [1.29, 1.82) is 0 Å². The van der Waals surface area contributed by atoms with Gasteiger partial charge in [-0.1, -0.05) is 42.8 Å². The minimum atomic E-state index is -0.250. The second kappa shape index (κ2) is 10.5. The molecule has 0 saturated heterocycles. The van der Waals surface area contributed by atoms with Gasteiger partial charge in [-0.2, -0.15) is 11.3 Å². The number of hydrogen-bond donors (Lipinski definition) is 2. The topological polar surface area (TPSA) is 74.6 Å². The molecule has 1 aromatic heterocycles. The maximum Gasteiger partial charge on any atom is 0.290 e. The Morgan fingerprint density at radius 3 is 2.41 bits per heavy atom. The Kier molecular flexibility index (Phi) is 8.01. The highest BCUT2D eigenvalue weighted by Crippen LogP contribution is 2.37. The third-order valence-electron chi connectivity index (χ3n) is 4.53. The van der Waals surface area contributed by atoms with Gasteiger partial charge in [0.25, 0.3) is 6.47 Å². The molecule has 0 saturated carbocycles. The second-order valence-electron chi connectivity index (χ2n) is 6.17. The Balaban J connectivity index is 0.000000817. The molecule has 4 nitrogen and oxygen atoms in total. The van der Waals surface area contributed by atoms with Gasteiger partial charge >= 0.3 is 0 Å². The van der Waals surface area contributed by atoms with E-state index in [4.69, 9.17) is 9.90 Å². The van der Waals surface area contributed by atoms with E-state index < -0.39 is 0 Å². The summed E-state index contributed by atoms with van der Waals surface area (Å²) >= 11 is 1.50. The molecule has 1 aromatic carbocycles. The van der Waals surface area contributed by atoms with Crippen LogP contribution in [0.1, 0.15) is 54.9 Å². The van der Waals surface area contributed by atoms with Crippen molar-refractivity contribution in [2.45, 2.75) is 39.0 Å². The lowest BCUT2D eigenvalue weighted by Crippen LogP contribution is -2.12. The molecule has 0 spiro atoms. The Bertz CT molecular complexity index is 817. The van der Waals surface area contributed by atoms with Gasteiger partial charge in [0.15, 0.2) is 5.78 Å². The minimum Gasteiger partial charge on any atom is -0.512 e. The van der Waals surface area contributed by atoms with Gasteiger partial charge in [-0.15, -0.1) is 0 Å². The van der Waals surface area contributed by atoms with E-state index in [0.29, 0.717) is 17.6 Å². The molecule has 3 rings (SSSR count). The third kappa shape index (κ3) is 5.17. The van der Waals surface area contributed by atoms with Gasteiger partial charge in [0.1, 0.15) is 5.76 Å². The standard InChI is InChI=1S/C21H22O2S.CH2O2/c1-2-15-8-6-7-11-18(22)20(21(23)17-12-13-24-14-17)19(15)16-9-4-3-5-10-16;2-1-3/h3-5,9-10,12-14,22H,2,6-8,11H2,1H3;1H,(H,2,3). The number of thiophene rings is 1. The number of ketones is 1. The predicted octanol–water partition coefficient (Wildman–Crippen LogP) is 5.88. The molecule has 5 heteroatoms. The first-order chi connectivity index (χ1) is 13.1. The molecule has 0 bridgehead atoms. The van der Waals surface area contributed by atoms with Crippen LogP contribution < -0.4 is 0 Å². The SMILES string of the molecule is CCC1=C(c2ccccc2)C(C(=O)c2ccsc2)=C(O)CCCC1.O=CO. The summed E-state index contributed by atoms with van der Waals surface area (Å²) in [6.45, 7) is 1.88. The molecular formula is C22H24O4S. The predicted molar refractivity (Wildman–Crippen MR) is 109 cm³/mol. The first kappa shape index (κ1) is 20.6. The van der Waals surface area contributed by atoms with Crippen LogP contribution in [0.3, 0.4) is 0 Å². The molecule has 0 aliphatic heterocycles. The van der Waals surface area contributed by atoms with Crippen LogP contribution in [-0.2, 0) is 4.79 Å². The van der Waals surface area contributed by atoms with Gasteiger partial charge in [-0.25, -0.2) is 0 Å². The van der Waals surface area contributed by atoms with E-state index in [-0.39, 0.29) is 18.0 Å². The van der Waals surface area contributed by atoms with Crippen molar-refractivity contribution in [3.8, 4) is 0 Å². The van der Waals surface area contributed by atoms with Crippen LogP contribution in [0.5, 0.6) is 0 Å². The zero-order valence-electron chi connectivity index (χ0n) is 15.4. The van der Waals surface area contributed by atoms with Crippen LogP contribution in [0.4, 0.5) is 0 Å². The average molecular weight is 384 g/mol. The van der Waals surface area contributed by atoms with Crippen molar-refractivity contribution in [2.24, 2.45) is 0 Å². The quantitative estimate of drug-likeness (QED) is 0.510.